The molecule has 0 atom stereocenters. The fourth-order valence-electron chi connectivity index (χ4n) is 2.17. The number of nitrogens with one attached hydrogen (secondary N) is 2. The highest BCUT2D eigenvalue weighted by atomic mass is 15.3. The highest BCUT2D eigenvalue weighted by molar-refractivity contribution is 5.42. The van der Waals surface area contributed by atoms with E-state index in [0.717, 1.165) is 13.1 Å². The van der Waals surface area contributed by atoms with Gasteiger partial charge in [0.15, 0.2) is 0 Å². The van der Waals surface area contributed by atoms with E-state index in [1.165, 1.54) is 0 Å². The van der Waals surface area contributed by atoms with Crippen molar-refractivity contribution < 1.29 is 0 Å². The summed E-state index contributed by atoms with van der Waals surface area (Å²) in [6.45, 7) is 10.6. The molecule has 21 heavy (non-hydrogen) atoms. The fourth-order valence-corrected chi connectivity index (χ4v) is 2.17. The van der Waals surface area contributed by atoms with Gasteiger partial charge in [0.05, 0.1) is 0 Å². The Balaban J connectivity index is 2.68. The van der Waals surface area contributed by atoms with E-state index in [1.54, 1.807) is 7.05 Å². The van der Waals surface area contributed by atoms with E-state index in [9.17, 15) is 0 Å². The maximum absolute atomic E-state index is 4.40. The van der Waals surface area contributed by atoms with Crippen LogP contribution in [0.2, 0.25) is 0 Å². The molecule has 0 aliphatic rings. The van der Waals surface area contributed by atoms with Gasteiger partial charge in [0.25, 0.3) is 0 Å². The number of hydrogen-bond donors (Lipinski definition) is 2. The van der Waals surface area contributed by atoms with E-state index in [-0.39, 0.29) is 0 Å². The molecule has 2 N–H and O–H groups in total. The van der Waals surface area contributed by atoms with Crippen LogP contribution >= 0.6 is 0 Å². The summed E-state index contributed by atoms with van der Waals surface area (Å²) < 4.78 is 0. The summed E-state index contributed by atoms with van der Waals surface area (Å²) in [5.74, 6) is 1.81. The van der Waals surface area contributed by atoms with Crippen LogP contribution in [-0.2, 0) is 0 Å². The van der Waals surface area contributed by atoms with Crippen molar-refractivity contribution in [1.29, 1.82) is 0 Å². The monoisotopic (exact) mass is 295 g/mol. The third kappa shape index (κ3) is 5.34. The Bertz CT molecular complexity index is 423. The van der Waals surface area contributed by atoms with Gasteiger partial charge in [-0.1, -0.05) is 0 Å². The minimum absolute atomic E-state index is 0.523. The Hall–Kier alpha value is -1.63. The number of rotatable bonds is 8. The zero-order chi connectivity index (χ0) is 16.0. The van der Waals surface area contributed by atoms with E-state index >= 15 is 0 Å². The van der Waals surface area contributed by atoms with Crippen molar-refractivity contribution in [2.75, 3.05) is 49.8 Å². The van der Waals surface area contributed by atoms with E-state index in [0.29, 0.717) is 29.9 Å². The molecule has 0 fully saturated rings. The normalized spacial score (nSPS) is 11.3. The molecule has 1 aromatic heterocycles. The Morgan fingerprint density at radius 1 is 0.952 bits per heavy atom. The van der Waals surface area contributed by atoms with E-state index < -0.39 is 0 Å². The molecule has 0 unspecified atom stereocenters. The van der Waals surface area contributed by atoms with Gasteiger partial charge < -0.3 is 15.5 Å². The molecular formula is C14H29N7. The predicted molar refractivity (Wildman–Crippen MR) is 89.2 cm³/mol. The van der Waals surface area contributed by atoms with E-state index in [2.05, 4.69) is 58.2 Å². The molecule has 0 aliphatic heterocycles. The zero-order valence-electron chi connectivity index (χ0n) is 14.3. The standard InChI is InChI=1S/C14H29N7/c1-10(2)21(11(3)4)9-8-16-13-17-12(15-5)18-14(19-13)20(6)7/h10-11H,8-9H2,1-7H3,(H2,15,16,17,18,19). The van der Waals surface area contributed by atoms with Gasteiger partial charge >= 0.3 is 0 Å². The smallest absolute Gasteiger partial charge is 0.231 e. The van der Waals surface area contributed by atoms with Crippen molar-refractivity contribution >= 4 is 17.8 Å². The van der Waals surface area contributed by atoms with Gasteiger partial charge in [0.1, 0.15) is 0 Å². The number of hydrogen-bond acceptors (Lipinski definition) is 7. The van der Waals surface area contributed by atoms with E-state index in [1.807, 2.05) is 19.0 Å². The summed E-state index contributed by atoms with van der Waals surface area (Å²) in [7, 11) is 5.63. The average Bonchev–Trinajstić information content (AvgIpc) is 2.42. The second kappa shape index (κ2) is 7.97. The van der Waals surface area contributed by atoms with Gasteiger partial charge in [-0.25, -0.2) is 0 Å². The lowest BCUT2D eigenvalue weighted by atomic mass is 10.2. The van der Waals surface area contributed by atoms with Gasteiger partial charge in [-0.15, -0.1) is 0 Å². The van der Waals surface area contributed by atoms with Crippen LogP contribution in [0, 0.1) is 0 Å². The summed E-state index contributed by atoms with van der Waals surface area (Å²) >= 11 is 0. The van der Waals surface area contributed by atoms with Crippen LogP contribution in [-0.4, -0.2) is 66.2 Å². The van der Waals surface area contributed by atoms with Gasteiger partial charge in [0.2, 0.25) is 17.8 Å². The van der Waals surface area contributed by atoms with Crippen molar-refractivity contribution in [3.8, 4) is 0 Å². The van der Waals surface area contributed by atoms with Crippen LogP contribution in [0.3, 0.4) is 0 Å². The molecule has 0 bridgehead atoms. The fraction of sp³-hybridized carbons (Fsp3) is 0.786. The molecule has 7 heteroatoms. The molecule has 0 aromatic carbocycles. The Morgan fingerprint density at radius 3 is 2.00 bits per heavy atom. The van der Waals surface area contributed by atoms with Crippen molar-refractivity contribution in [3.63, 3.8) is 0 Å². The highest BCUT2D eigenvalue weighted by Gasteiger charge is 2.13. The van der Waals surface area contributed by atoms with Crippen LogP contribution < -0.4 is 15.5 Å². The van der Waals surface area contributed by atoms with Crippen LogP contribution in [0.5, 0.6) is 0 Å². The van der Waals surface area contributed by atoms with Crippen molar-refractivity contribution in [1.82, 2.24) is 19.9 Å². The largest absolute Gasteiger partial charge is 0.357 e. The first-order valence-electron chi connectivity index (χ1n) is 7.46. The van der Waals surface area contributed by atoms with Crippen molar-refractivity contribution in [2.24, 2.45) is 0 Å². The van der Waals surface area contributed by atoms with Gasteiger partial charge in [0, 0.05) is 46.3 Å². The third-order valence-electron chi connectivity index (χ3n) is 3.23. The van der Waals surface area contributed by atoms with Crippen molar-refractivity contribution in [2.45, 2.75) is 39.8 Å². The van der Waals surface area contributed by atoms with Crippen LogP contribution in [0.15, 0.2) is 0 Å². The molecule has 7 nitrogen and oxygen atoms in total. The molecule has 0 radical (unpaired) electrons. The summed E-state index contributed by atoms with van der Waals surface area (Å²) in [5, 5.41) is 6.24. The summed E-state index contributed by atoms with van der Waals surface area (Å²) in [4.78, 5) is 17.3. The molecule has 0 aliphatic carbocycles. The number of nitrogens with zero attached hydrogens (tertiary/aromatic N) is 5. The van der Waals surface area contributed by atoms with Gasteiger partial charge in [-0.2, -0.15) is 15.0 Å². The zero-order valence-corrected chi connectivity index (χ0v) is 14.3. The Morgan fingerprint density at radius 2 is 1.52 bits per heavy atom. The molecule has 0 spiro atoms. The molecule has 0 amide bonds. The topological polar surface area (TPSA) is 69.2 Å². The van der Waals surface area contributed by atoms with Crippen molar-refractivity contribution in [3.05, 3.63) is 0 Å². The summed E-state index contributed by atoms with van der Waals surface area (Å²) in [6, 6.07) is 1.05. The molecule has 1 aromatic rings. The third-order valence-corrected chi connectivity index (χ3v) is 3.23. The second-order valence-electron chi connectivity index (χ2n) is 5.78. The SMILES string of the molecule is CNc1nc(NCCN(C(C)C)C(C)C)nc(N(C)C)n1. The first-order chi connectivity index (χ1) is 9.85. The van der Waals surface area contributed by atoms with Gasteiger partial charge in [-0.05, 0) is 27.7 Å². The number of aromatic nitrogens is 3. The lowest BCUT2D eigenvalue weighted by molar-refractivity contribution is 0.182. The lowest BCUT2D eigenvalue weighted by Crippen LogP contribution is -2.40. The minimum Gasteiger partial charge on any atom is -0.357 e. The number of anilines is 3. The Labute approximate surface area is 128 Å². The molecule has 0 saturated carbocycles. The quantitative estimate of drug-likeness (QED) is 0.753. The minimum atomic E-state index is 0.523. The molecule has 0 saturated heterocycles. The molecule has 1 heterocycles. The molecule has 120 valence electrons. The maximum atomic E-state index is 4.40. The Kier molecular flexibility index (Phi) is 6.61. The average molecular weight is 295 g/mol. The highest BCUT2D eigenvalue weighted by Crippen LogP contribution is 2.11. The summed E-state index contributed by atoms with van der Waals surface area (Å²) in [5.41, 5.74) is 0. The first kappa shape index (κ1) is 17.4. The maximum Gasteiger partial charge on any atom is 0.231 e. The first-order valence-corrected chi connectivity index (χ1v) is 7.46. The van der Waals surface area contributed by atoms with Crippen LogP contribution in [0.1, 0.15) is 27.7 Å². The molecular weight excluding hydrogens is 266 g/mol. The van der Waals surface area contributed by atoms with Gasteiger partial charge in [-0.3, -0.25) is 4.90 Å². The van der Waals surface area contributed by atoms with Crippen LogP contribution in [0.25, 0.3) is 0 Å². The molecule has 1 rings (SSSR count). The lowest BCUT2D eigenvalue weighted by Gasteiger charge is -2.30. The van der Waals surface area contributed by atoms with E-state index in [4.69, 9.17) is 0 Å². The second-order valence-corrected chi connectivity index (χ2v) is 5.78. The van der Waals surface area contributed by atoms with Crippen LogP contribution in [0.4, 0.5) is 17.8 Å². The predicted octanol–water partition coefficient (Wildman–Crippen LogP) is 1.51. The summed E-state index contributed by atoms with van der Waals surface area (Å²) in [6.07, 6.45) is 0.